The minimum atomic E-state index is -0.610. The Labute approximate surface area is 158 Å². The number of imide groups is 1. The van der Waals surface area contributed by atoms with Gasteiger partial charge in [0, 0.05) is 10.2 Å². The molecule has 2 aromatic rings. The maximum Gasteiger partial charge on any atom is 0.291 e. The number of rotatable bonds is 6. The van der Waals surface area contributed by atoms with E-state index in [9.17, 15) is 9.59 Å². The quantitative estimate of drug-likeness (QED) is 0.746. The van der Waals surface area contributed by atoms with E-state index in [-0.39, 0.29) is 17.7 Å². The minimum Gasteiger partial charge on any atom is -0.494 e. The first-order chi connectivity index (χ1) is 12.1. The van der Waals surface area contributed by atoms with Crippen molar-refractivity contribution in [1.82, 2.24) is 4.90 Å². The van der Waals surface area contributed by atoms with Crippen molar-refractivity contribution in [3.8, 4) is 5.75 Å². The van der Waals surface area contributed by atoms with E-state index in [1.807, 2.05) is 55.5 Å². The maximum atomic E-state index is 12.5. The molecule has 130 valence electrons. The molecule has 3 rings (SSSR count). The predicted octanol–water partition coefficient (Wildman–Crippen LogP) is 4.48. The molecule has 1 fully saturated rings. The lowest BCUT2D eigenvalue weighted by atomic mass is 10.2. The number of ether oxygens (including phenoxy) is 1. The zero-order valence-electron chi connectivity index (χ0n) is 13.6. The third-order valence-corrected chi connectivity index (χ3v) is 5.15. The molecule has 1 aliphatic heterocycles. The first kappa shape index (κ1) is 17.8. The van der Waals surface area contributed by atoms with Gasteiger partial charge in [-0.25, -0.2) is 0 Å². The first-order valence-corrected chi connectivity index (χ1v) is 9.50. The molecule has 0 bridgehead atoms. The van der Waals surface area contributed by atoms with Crippen LogP contribution in [0.3, 0.4) is 0 Å². The van der Waals surface area contributed by atoms with Crippen LogP contribution in [0.4, 0.5) is 10.5 Å². The van der Waals surface area contributed by atoms with Crippen LogP contribution in [0.5, 0.6) is 5.75 Å². The predicted molar refractivity (Wildman–Crippen MR) is 103 cm³/mol. The zero-order valence-corrected chi connectivity index (χ0v) is 16.0. The summed E-state index contributed by atoms with van der Waals surface area (Å²) in [5, 5.41) is 2.25. The van der Waals surface area contributed by atoms with E-state index in [2.05, 4.69) is 21.2 Å². The number of nitrogens with one attached hydrogen (secondary N) is 1. The Kier molecular flexibility index (Phi) is 5.65. The molecule has 1 heterocycles. The molecule has 7 heteroatoms. The van der Waals surface area contributed by atoms with Gasteiger partial charge < -0.3 is 10.1 Å². The van der Waals surface area contributed by atoms with Crippen LogP contribution >= 0.6 is 27.7 Å². The van der Waals surface area contributed by atoms with Crippen molar-refractivity contribution < 1.29 is 14.3 Å². The molecule has 1 N–H and O–H groups in total. The second-order valence-electron chi connectivity index (χ2n) is 5.42. The summed E-state index contributed by atoms with van der Waals surface area (Å²) >= 11 is 4.37. The monoisotopic (exact) mass is 420 g/mol. The number of thioether (sulfide) groups is 1. The number of halogens is 1. The van der Waals surface area contributed by atoms with Gasteiger partial charge in [-0.15, -0.1) is 0 Å². The fraction of sp³-hybridized carbons (Fsp3) is 0.222. The summed E-state index contributed by atoms with van der Waals surface area (Å²) in [7, 11) is 0. The third kappa shape index (κ3) is 4.35. The van der Waals surface area contributed by atoms with Crippen LogP contribution in [0.25, 0.3) is 0 Å². The maximum absolute atomic E-state index is 12.5. The molecule has 5 nitrogen and oxygen atoms in total. The first-order valence-electron chi connectivity index (χ1n) is 7.82. The van der Waals surface area contributed by atoms with Crippen LogP contribution in [0.2, 0.25) is 0 Å². The summed E-state index contributed by atoms with van der Waals surface area (Å²) in [6.07, 6.45) is 0. The van der Waals surface area contributed by atoms with Gasteiger partial charge in [-0.05, 0) is 60.6 Å². The highest BCUT2D eigenvalue weighted by Gasteiger charge is 2.39. The highest BCUT2D eigenvalue weighted by molar-refractivity contribution is 9.10. The van der Waals surface area contributed by atoms with Gasteiger partial charge >= 0.3 is 0 Å². The van der Waals surface area contributed by atoms with Crippen LogP contribution in [-0.2, 0) is 11.3 Å². The van der Waals surface area contributed by atoms with E-state index in [4.69, 9.17) is 4.74 Å². The molecule has 0 aliphatic carbocycles. The largest absolute Gasteiger partial charge is 0.494 e. The molecule has 0 saturated carbocycles. The van der Waals surface area contributed by atoms with E-state index in [0.717, 1.165) is 33.2 Å². The van der Waals surface area contributed by atoms with Gasteiger partial charge in [-0.3, -0.25) is 14.5 Å². The summed E-state index contributed by atoms with van der Waals surface area (Å²) in [6.45, 7) is 2.80. The molecular formula is C18H17BrN2O3S. The van der Waals surface area contributed by atoms with Crippen LogP contribution < -0.4 is 10.1 Å². The Hall–Kier alpha value is -1.99. The summed E-state index contributed by atoms with van der Waals surface area (Å²) in [5.41, 5.74) is 1.68. The minimum absolute atomic E-state index is 0.230. The van der Waals surface area contributed by atoms with Crippen molar-refractivity contribution in [2.24, 2.45) is 0 Å². The smallest absolute Gasteiger partial charge is 0.291 e. The van der Waals surface area contributed by atoms with E-state index in [1.165, 1.54) is 4.90 Å². The lowest BCUT2D eigenvalue weighted by Crippen LogP contribution is -2.33. The van der Waals surface area contributed by atoms with Crippen molar-refractivity contribution in [2.75, 3.05) is 11.9 Å². The molecule has 0 aromatic heterocycles. The van der Waals surface area contributed by atoms with Gasteiger partial charge in [0.25, 0.3) is 11.1 Å². The number of benzene rings is 2. The van der Waals surface area contributed by atoms with Crippen molar-refractivity contribution in [2.45, 2.75) is 18.8 Å². The highest BCUT2D eigenvalue weighted by Crippen LogP contribution is 2.30. The number of carbonyl (C=O) groups excluding carboxylic acids is 2. The van der Waals surface area contributed by atoms with Crippen molar-refractivity contribution in [3.63, 3.8) is 0 Å². The van der Waals surface area contributed by atoms with Crippen LogP contribution in [0.1, 0.15) is 12.5 Å². The van der Waals surface area contributed by atoms with E-state index in [0.29, 0.717) is 6.61 Å². The van der Waals surface area contributed by atoms with Gasteiger partial charge in [-0.1, -0.05) is 28.1 Å². The van der Waals surface area contributed by atoms with Crippen LogP contribution in [-0.4, -0.2) is 28.0 Å². The lowest BCUT2D eigenvalue weighted by molar-refractivity contribution is -0.126. The average Bonchev–Trinajstić information content (AvgIpc) is 2.86. The third-order valence-electron chi connectivity index (χ3n) is 3.65. The Balaban J connectivity index is 1.65. The van der Waals surface area contributed by atoms with Gasteiger partial charge in [-0.2, -0.15) is 0 Å². The number of carbonyl (C=O) groups is 2. The summed E-state index contributed by atoms with van der Waals surface area (Å²) in [5.74, 6) is 0.540. The van der Waals surface area contributed by atoms with E-state index < -0.39 is 5.37 Å². The molecule has 2 aromatic carbocycles. The topological polar surface area (TPSA) is 58.6 Å². The van der Waals surface area contributed by atoms with Crippen molar-refractivity contribution in [1.29, 1.82) is 0 Å². The van der Waals surface area contributed by atoms with Gasteiger partial charge in [0.05, 0.1) is 13.2 Å². The second kappa shape index (κ2) is 7.93. The van der Waals surface area contributed by atoms with Crippen molar-refractivity contribution in [3.05, 3.63) is 58.6 Å². The second-order valence-corrected chi connectivity index (χ2v) is 7.39. The van der Waals surface area contributed by atoms with Crippen LogP contribution in [0.15, 0.2) is 53.0 Å². The summed E-state index contributed by atoms with van der Waals surface area (Å²) in [4.78, 5) is 26.0. The van der Waals surface area contributed by atoms with Gasteiger partial charge in [0.2, 0.25) is 0 Å². The molecule has 2 amide bonds. The Morgan fingerprint density at radius 2 is 1.80 bits per heavy atom. The summed E-state index contributed by atoms with van der Waals surface area (Å²) < 4.78 is 6.35. The average molecular weight is 421 g/mol. The zero-order chi connectivity index (χ0) is 17.8. The van der Waals surface area contributed by atoms with E-state index >= 15 is 0 Å². The molecule has 1 saturated heterocycles. The highest BCUT2D eigenvalue weighted by atomic mass is 79.9. The fourth-order valence-electron chi connectivity index (χ4n) is 2.42. The molecule has 1 unspecified atom stereocenters. The molecule has 1 aliphatic rings. The SMILES string of the molecule is CCOc1ccc(NC2SC(=O)N(Cc3ccc(Br)cc3)C2=O)cc1. The van der Waals surface area contributed by atoms with Gasteiger partial charge in [0.15, 0.2) is 5.37 Å². The Morgan fingerprint density at radius 1 is 1.12 bits per heavy atom. The number of hydrogen-bond acceptors (Lipinski definition) is 5. The molecule has 25 heavy (non-hydrogen) atoms. The van der Waals surface area contributed by atoms with Gasteiger partial charge in [0.1, 0.15) is 5.75 Å². The summed E-state index contributed by atoms with van der Waals surface area (Å²) in [6, 6.07) is 14.9. The molecular weight excluding hydrogens is 404 g/mol. The van der Waals surface area contributed by atoms with E-state index in [1.54, 1.807) is 0 Å². The standard InChI is InChI=1S/C18H17BrN2O3S/c1-2-24-15-9-7-14(8-10-15)20-16-17(22)21(18(23)25-16)11-12-3-5-13(19)6-4-12/h3-10,16,20H,2,11H2,1H3. The number of anilines is 1. The Bertz CT molecular complexity index is 765. The van der Waals surface area contributed by atoms with Crippen molar-refractivity contribution >= 4 is 44.5 Å². The molecule has 0 radical (unpaired) electrons. The Morgan fingerprint density at radius 3 is 2.44 bits per heavy atom. The number of amides is 2. The molecule has 0 spiro atoms. The number of nitrogens with zero attached hydrogens (tertiary/aromatic N) is 1. The fourth-order valence-corrected chi connectivity index (χ4v) is 3.59. The molecule has 1 atom stereocenters. The lowest BCUT2D eigenvalue weighted by Gasteiger charge is -2.15. The normalized spacial score (nSPS) is 17.0. The van der Waals surface area contributed by atoms with Crippen LogP contribution in [0, 0.1) is 0 Å². The number of hydrogen-bond donors (Lipinski definition) is 1.